The lowest BCUT2D eigenvalue weighted by Crippen LogP contribution is -2.10. The Labute approximate surface area is 118 Å². The van der Waals surface area contributed by atoms with Gasteiger partial charge in [-0.25, -0.2) is 0 Å². The molecule has 112 valence electrons. The van der Waals surface area contributed by atoms with Crippen LogP contribution in [0.1, 0.15) is 69.6 Å². The average molecular weight is 281 g/mol. The van der Waals surface area contributed by atoms with E-state index in [1.165, 1.54) is 38.5 Å². The molecule has 3 N–H and O–H groups in total. The van der Waals surface area contributed by atoms with Crippen LogP contribution >= 0.6 is 0 Å². The normalized spacial score (nSPS) is 18.0. The van der Waals surface area contributed by atoms with E-state index < -0.39 is 5.97 Å². The average Bonchev–Trinajstić information content (AvgIpc) is 2.85. The number of nitrogens with two attached hydrogens (primary N) is 1. The molecule has 0 bridgehead atoms. The van der Waals surface area contributed by atoms with Crippen LogP contribution in [0.5, 0.6) is 0 Å². The summed E-state index contributed by atoms with van der Waals surface area (Å²) in [7, 11) is 0. The van der Waals surface area contributed by atoms with E-state index >= 15 is 0 Å². The van der Waals surface area contributed by atoms with E-state index in [4.69, 9.17) is 15.4 Å². The number of carboxylic acids is 1. The SMILES string of the molecule is Nc1noc([C@H](CCCC2CCCCC2)CC(=O)O)n1. The first-order valence-electron chi connectivity index (χ1n) is 7.46. The second-order valence-corrected chi connectivity index (χ2v) is 5.72. The Morgan fingerprint density at radius 1 is 1.40 bits per heavy atom. The fourth-order valence-corrected chi connectivity index (χ4v) is 3.07. The van der Waals surface area contributed by atoms with Gasteiger partial charge in [-0.1, -0.05) is 44.9 Å². The lowest BCUT2D eigenvalue weighted by molar-refractivity contribution is -0.137. The molecule has 0 radical (unpaired) electrons. The van der Waals surface area contributed by atoms with Gasteiger partial charge in [-0.3, -0.25) is 4.79 Å². The number of anilines is 1. The van der Waals surface area contributed by atoms with Crippen LogP contribution in [0, 0.1) is 5.92 Å². The van der Waals surface area contributed by atoms with Gasteiger partial charge >= 0.3 is 5.97 Å². The highest BCUT2D eigenvalue weighted by Crippen LogP contribution is 2.31. The van der Waals surface area contributed by atoms with Crippen LogP contribution in [0.2, 0.25) is 0 Å². The van der Waals surface area contributed by atoms with Gasteiger partial charge in [0.2, 0.25) is 5.89 Å². The smallest absolute Gasteiger partial charge is 0.304 e. The number of carboxylic acid groups (broad SMARTS) is 1. The minimum Gasteiger partial charge on any atom is -0.481 e. The van der Waals surface area contributed by atoms with Crippen molar-refractivity contribution in [2.75, 3.05) is 5.73 Å². The predicted octanol–water partition coefficient (Wildman–Crippen LogP) is 2.96. The van der Waals surface area contributed by atoms with Gasteiger partial charge in [0.25, 0.3) is 5.95 Å². The molecule has 0 saturated heterocycles. The number of hydrogen-bond donors (Lipinski definition) is 2. The third kappa shape index (κ3) is 4.51. The summed E-state index contributed by atoms with van der Waals surface area (Å²) in [5.74, 6) is 0.170. The molecule has 0 aliphatic heterocycles. The maximum atomic E-state index is 10.9. The van der Waals surface area contributed by atoms with Crippen LogP contribution < -0.4 is 5.73 Å². The summed E-state index contributed by atoms with van der Waals surface area (Å²) in [5, 5.41) is 12.5. The highest BCUT2D eigenvalue weighted by Gasteiger charge is 2.22. The summed E-state index contributed by atoms with van der Waals surface area (Å²) in [6.07, 6.45) is 9.63. The van der Waals surface area contributed by atoms with Crippen LogP contribution in [-0.4, -0.2) is 21.2 Å². The number of aliphatic carboxylic acids is 1. The summed E-state index contributed by atoms with van der Waals surface area (Å²) < 4.78 is 5.02. The molecule has 1 aliphatic rings. The van der Waals surface area contributed by atoms with E-state index in [2.05, 4.69) is 10.1 Å². The van der Waals surface area contributed by atoms with E-state index in [1.54, 1.807) is 0 Å². The Bertz CT molecular complexity index is 427. The second-order valence-electron chi connectivity index (χ2n) is 5.72. The van der Waals surface area contributed by atoms with E-state index in [1.807, 2.05) is 0 Å². The van der Waals surface area contributed by atoms with Gasteiger partial charge in [-0.2, -0.15) is 4.98 Å². The maximum absolute atomic E-state index is 10.9. The molecule has 0 amide bonds. The predicted molar refractivity (Wildman–Crippen MR) is 74.1 cm³/mol. The minimum atomic E-state index is -0.843. The van der Waals surface area contributed by atoms with Crippen molar-refractivity contribution in [2.45, 2.75) is 63.7 Å². The Morgan fingerprint density at radius 3 is 2.75 bits per heavy atom. The zero-order valence-corrected chi connectivity index (χ0v) is 11.8. The second kappa shape index (κ2) is 7.26. The van der Waals surface area contributed by atoms with Gasteiger partial charge in [0, 0.05) is 5.92 Å². The van der Waals surface area contributed by atoms with Crippen LogP contribution in [0.15, 0.2) is 4.52 Å². The van der Waals surface area contributed by atoms with Crippen LogP contribution in [-0.2, 0) is 4.79 Å². The number of aromatic nitrogens is 2. The van der Waals surface area contributed by atoms with Crippen LogP contribution in [0.4, 0.5) is 5.95 Å². The Kier molecular flexibility index (Phi) is 5.38. The molecule has 0 unspecified atom stereocenters. The molecule has 1 atom stereocenters. The summed E-state index contributed by atoms with van der Waals surface area (Å²) in [5.41, 5.74) is 5.43. The molecule has 6 heteroatoms. The zero-order chi connectivity index (χ0) is 14.4. The molecule has 2 rings (SSSR count). The van der Waals surface area contributed by atoms with Crippen molar-refractivity contribution in [1.82, 2.24) is 10.1 Å². The van der Waals surface area contributed by atoms with Crippen molar-refractivity contribution in [1.29, 1.82) is 0 Å². The summed E-state index contributed by atoms with van der Waals surface area (Å²) in [4.78, 5) is 14.9. The standard InChI is InChI=1S/C14H23N3O3/c15-14-16-13(20-17-14)11(9-12(18)19)8-4-7-10-5-2-1-3-6-10/h10-11H,1-9H2,(H2,15,17)(H,18,19)/t11-/m1/s1. The molecule has 1 aromatic rings. The molecule has 1 saturated carbocycles. The monoisotopic (exact) mass is 281 g/mol. The third-order valence-electron chi connectivity index (χ3n) is 4.12. The lowest BCUT2D eigenvalue weighted by Gasteiger charge is -2.21. The molecule has 20 heavy (non-hydrogen) atoms. The number of hydrogen-bond acceptors (Lipinski definition) is 5. The van der Waals surface area contributed by atoms with Crippen molar-refractivity contribution < 1.29 is 14.4 Å². The van der Waals surface area contributed by atoms with Gasteiger partial charge in [0.05, 0.1) is 6.42 Å². The largest absolute Gasteiger partial charge is 0.481 e. The van der Waals surface area contributed by atoms with Gasteiger partial charge in [-0.05, 0) is 17.5 Å². The summed E-state index contributed by atoms with van der Waals surface area (Å²) in [6.45, 7) is 0. The molecule has 6 nitrogen and oxygen atoms in total. The fourth-order valence-electron chi connectivity index (χ4n) is 3.07. The zero-order valence-electron chi connectivity index (χ0n) is 11.8. The van der Waals surface area contributed by atoms with Crippen molar-refractivity contribution in [3.8, 4) is 0 Å². The fraction of sp³-hybridized carbons (Fsp3) is 0.786. The van der Waals surface area contributed by atoms with Gasteiger partial charge in [0.15, 0.2) is 0 Å². The summed E-state index contributed by atoms with van der Waals surface area (Å²) in [6, 6.07) is 0. The number of nitrogen functional groups attached to an aromatic ring is 1. The van der Waals surface area contributed by atoms with E-state index in [0.29, 0.717) is 5.89 Å². The van der Waals surface area contributed by atoms with Crippen molar-refractivity contribution in [3.63, 3.8) is 0 Å². The van der Waals surface area contributed by atoms with Crippen molar-refractivity contribution in [2.24, 2.45) is 5.92 Å². The number of rotatable bonds is 7. The maximum Gasteiger partial charge on any atom is 0.304 e. The first-order chi connectivity index (χ1) is 9.65. The minimum absolute atomic E-state index is 0.0201. The molecular formula is C14H23N3O3. The van der Waals surface area contributed by atoms with Crippen molar-refractivity contribution in [3.05, 3.63) is 5.89 Å². The highest BCUT2D eigenvalue weighted by atomic mass is 16.5. The van der Waals surface area contributed by atoms with Gasteiger partial charge in [0.1, 0.15) is 0 Å². The van der Waals surface area contributed by atoms with Crippen molar-refractivity contribution >= 4 is 11.9 Å². The molecule has 1 heterocycles. The molecular weight excluding hydrogens is 258 g/mol. The molecule has 1 aromatic heterocycles. The quantitative estimate of drug-likeness (QED) is 0.796. The molecule has 1 aliphatic carbocycles. The molecule has 0 spiro atoms. The molecule has 0 aromatic carbocycles. The van der Waals surface area contributed by atoms with Gasteiger partial charge < -0.3 is 15.4 Å². The number of nitrogens with zero attached hydrogens (tertiary/aromatic N) is 2. The summed E-state index contributed by atoms with van der Waals surface area (Å²) >= 11 is 0. The Morgan fingerprint density at radius 2 is 2.15 bits per heavy atom. The topological polar surface area (TPSA) is 102 Å². The van der Waals surface area contributed by atoms with Crippen LogP contribution in [0.3, 0.4) is 0 Å². The third-order valence-corrected chi connectivity index (χ3v) is 4.12. The first kappa shape index (κ1) is 14.8. The van der Waals surface area contributed by atoms with E-state index in [0.717, 1.165) is 18.8 Å². The highest BCUT2D eigenvalue weighted by molar-refractivity contribution is 5.67. The first-order valence-corrected chi connectivity index (χ1v) is 7.46. The van der Waals surface area contributed by atoms with Gasteiger partial charge in [-0.15, -0.1) is 0 Å². The lowest BCUT2D eigenvalue weighted by atomic mass is 9.84. The van der Waals surface area contributed by atoms with Crippen LogP contribution in [0.25, 0.3) is 0 Å². The van der Waals surface area contributed by atoms with E-state index in [-0.39, 0.29) is 18.3 Å². The Balaban J connectivity index is 1.82. The molecule has 1 fully saturated rings. The Hall–Kier alpha value is -1.59. The number of carbonyl (C=O) groups is 1. The van der Waals surface area contributed by atoms with E-state index in [9.17, 15) is 4.79 Å².